The molecule has 3 rings (SSSR count). The molecule has 158 valence electrons. The number of ether oxygens (including phenoxy) is 1. The van der Waals surface area contributed by atoms with E-state index in [1.54, 1.807) is 0 Å². The molecule has 0 spiro atoms. The molecule has 3 aromatic rings. The number of nitrogens with zero attached hydrogens (tertiary/aromatic N) is 1. The van der Waals surface area contributed by atoms with Crippen LogP contribution < -0.4 is 15.4 Å². The lowest BCUT2D eigenvalue weighted by Gasteiger charge is -2.13. The summed E-state index contributed by atoms with van der Waals surface area (Å²) in [6, 6.07) is 8.77. The monoisotopic (exact) mass is 441 g/mol. The minimum Gasteiger partial charge on any atom is -0.447 e. The van der Waals surface area contributed by atoms with Crippen LogP contribution in [0.15, 0.2) is 75.3 Å². The van der Waals surface area contributed by atoms with Gasteiger partial charge in [0.15, 0.2) is 6.39 Å². The van der Waals surface area contributed by atoms with Crippen LogP contribution in [0.5, 0.6) is 5.75 Å². The summed E-state index contributed by atoms with van der Waals surface area (Å²) in [5.41, 5.74) is 0.267. The molecular weight excluding hydrogens is 427 g/mol. The Labute approximate surface area is 168 Å². The highest BCUT2D eigenvalue weighted by Gasteiger charge is 2.34. The lowest BCUT2D eigenvalue weighted by atomic mass is 10.3. The average molecular weight is 441 g/mol. The number of carbonyl (C=O) groups is 1. The summed E-state index contributed by atoms with van der Waals surface area (Å²) >= 11 is 0. The molecule has 0 aliphatic carbocycles. The predicted molar refractivity (Wildman–Crippen MR) is 97.4 cm³/mol. The number of sulfone groups is 1. The zero-order valence-corrected chi connectivity index (χ0v) is 15.8. The van der Waals surface area contributed by atoms with Crippen LogP contribution in [0.3, 0.4) is 0 Å². The lowest BCUT2D eigenvalue weighted by Crippen LogP contribution is -2.28. The number of hydrogen-bond donors (Lipinski definition) is 2. The first-order valence-electron chi connectivity index (χ1n) is 8.27. The quantitative estimate of drug-likeness (QED) is 0.603. The second-order valence-corrected chi connectivity index (χ2v) is 7.72. The maximum atomic E-state index is 12.7. The number of carbonyl (C=O) groups excluding carboxylic acids is 1. The van der Waals surface area contributed by atoms with Crippen LogP contribution in [0.2, 0.25) is 0 Å². The van der Waals surface area contributed by atoms with Crippen LogP contribution in [0.1, 0.15) is 5.76 Å². The molecule has 12 heteroatoms. The van der Waals surface area contributed by atoms with E-state index in [1.165, 1.54) is 36.9 Å². The minimum absolute atomic E-state index is 0.0916. The Hall–Kier alpha value is -3.54. The van der Waals surface area contributed by atoms with E-state index < -0.39 is 32.9 Å². The highest BCUT2D eigenvalue weighted by molar-refractivity contribution is 7.91. The molecule has 0 aliphatic heterocycles. The Morgan fingerprint density at radius 2 is 1.80 bits per heavy atom. The van der Waals surface area contributed by atoms with Gasteiger partial charge in [-0.15, -0.1) is 13.2 Å². The fourth-order valence-corrected chi connectivity index (χ4v) is 3.78. The molecule has 0 saturated heterocycles. The van der Waals surface area contributed by atoms with E-state index in [0.717, 1.165) is 24.3 Å². The van der Waals surface area contributed by atoms with Crippen LogP contribution >= 0.6 is 0 Å². The second kappa shape index (κ2) is 8.45. The summed E-state index contributed by atoms with van der Waals surface area (Å²) in [6.45, 7) is 0.0916. The van der Waals surface area contributed by atoms with Crippen LogP contribution in [0.25, 0.3) is 0 Å². The first-order valence-corrected chi connectivity index (χ1v) is 9.75. The molecule has 0 unspecified atom stereocenters. The van der Waals surface area contributed by atoms with E-state index >= 15 is 0 Å². The van der Waals surface area contributed by atoms with Crippen molar-refractivity contribution in [3.63, 3.8) is 0 Å². The van der Waals surface area contributed by atoms with E-state index in [9.17, 15) is 26.4 Å². The van der Waals surface area contributed by atoms with Gasteiger partial charge in [0.05, 0.1) is 17.6 Å². The van der Waals surface area contributed by atoms with Crippen molar-refractivity contribution in [1.29, 1.82) is 0 Å². The molecule has 0 fully saturated rings. The number of alkyl halides is 3. The first-order chi connectivity index (χ1) is 14.1. The molecule has 2 N–H and O–H groups in total. The van der Waals surface area contributed by atoms with E-state index in [-0.39, 0.29) is 17.1 Å². The number of hydrogen-bond acceptors (Lipinski definition) is 6. The van der Waals surface area contributed by atoms with Crippen LogP contribution in [0, 0.1) is 0 Å². The number of anilines is 1. The third-order valence-corrected chi connectivity index (χ3v) is 5.50. The molecule has 1 heterocycles. The van der Waals surface area contributed by atoms with Gasteiger partial charge in [-0.1, -0.05) is 12.1 Å². The fourth-order valence-electron chi connectivity index (χ4n) is 2.40. The van der Waals surface area contributed by atoms with Gasteiger partial charge in [0.25, 0.3) is 0 Å². The molecule has 0 saturated carbocycles. The molecule has 2 aromatic carbocycles. The maximum absolute atomic E-state index is 12.7. The SMILES string of the molecule is O=C(NCc1cnco1)Nc1ccc(S(=O)(=O)c2ccccc2OC(F)(F)F)cc1. The first kappa shape index (κ1) is 21.2. The molecule has 0 aliphatic rings. The Kier molecular flexibility index (Phi) is 5.96. The number of nitrogens with one attached hydrogen (secondary N) is 2. The number of oxazole rings is 1. The van der Waals surface area contributed by atoms with Crippen molar-refractivity contribution in [2.45, 2.75) is 22.7 Å². The Bertz CT molecular complexity index is 1110. The van der Waals surface area contributed by atoms with Gasteiger partial charge >= 0.3 is 12.4 Å². The summed E-state index contributed by atoms with van der Waals surface area (Å²) in [7, 11) is -4.30. The molecule has 1 aromatic heterocycles. The maximum Gasteiger partial charge on any atom is 0.573 e. The number of para-hydroxylation sites is 1. The van der Waals surface area contributed by atoms with Crippen molar-refractivity contribution in [2.75, 3.05) is 5.32 Å². The zero-order chi connectivity index (χ0) is 21.8. The van der Waals surface area contributed by atoms with Gasteiger partial charge in [-0.3, -0.25) is 0 Å². The number of benzene rings is 2. The number of amides is 2. The van der Waals surface area contributed by atoms with Gasteiger partial charge in [-0.2, -0.15) is 0 Å². The summed E-state index contributed by atoms with van der Waals surface area (Å²) < 4.78 is 72.0. The van der Waals surface area contributed by atoms with E-state index in [1.807, 2.05) is 0 Å². The van der Waals surface area contributed by atoms with Crippen molar-refractivity contribution in [3.8, 4) is 5.75 Å². The highest BCUT2D eigenvalue weighted by Crippen LogP contribution is 2.33. The molecule has 0 radical (unpaired) electrons. The number of aromatic nitrogens is 1. The zero-order valence-electron chi connectivity index (χ0n) is 15.0. The average Bonchev–Trinajstić information content (AvgIpc) is 3.19. The van der Waals surface area contributed by atoms with Crippen molar-refractivity contribution >= 4 is 21.6 Å². The third-order valence-electron chi connectivity index (χ3n) is 3.69. The van der Waals surface area contributed by atoms with Crippen molar-refractivity contribution in [1.82, 2.24) is 10.3 Å². The van der Waals surface area contributed by atoms with Crippen molar-refractivity contribution in [2.24, 2.45) is 0 Å². The van der Waals surface area contributed by atoms with Gasteiger partial charge in [-0.05, 0) is 36.4 Å². The minimum atomic E-state index is -5.04. The fraction of sp³-hybridized carbons (Fsp3) is 0.111. The van der Waals surface area contributed by atoms with Gasteiger partial charge < -0.3 is 19.8 Å². The lowest BCUT2D eigenvalue weighted by molar-refractivity contribution is -0.275. The molecule has 0 atom stereocenters. The molecule has 2 amide bonds. The second-order valence-electron chi connectivity index (χ2n) is 5.80. The van der Waals surface area contributed by atoms with Crippen molar-refractivity contribution in [3.05, 3.63) is 66.9 Å². The van der Waals surface area contributed by atoms with Gasteiger partial charge in [-0.25, -0.2) is 18.2 Å². The topological polar surface area (TPSA) is 111 Å². The molecule has 8 nitrogen and oxygen atoms in total. The summed E-state index contributed by atoms with van der Waals surface area (Å²) in [6.07, 6.45) is -2.40. The smallest absolute Gasteiger partial charge is 0.447 e. The molecule has 30 heavy (non-hydrogen) atoms. The van der Waals surface area contributed by atoms with E-state index in [0.29, 0.717) is 5.76 Å². The Morgan fingerprint density at radius 1 is 1.10 bits per heavy atom. The van der Waals surface area contributed by atoms with Crippen LogP contribution in [-0.2, 0) is 16.4 Å². The Balaban J connectivity index is 1.73. The van der Waals surface area contributed by atoms with Crippen LogP contribution in [-0.4, -0.2) is 25.8 Å². The molecule has 0 bridgehead atoms. The molecular formula is C18H14F3N3O5S. The van der Waals surface area contributed by atoms with Gasteiger partial charge in [0.2, 0.25) is 9.84 Å². The van der Waals surface area contributed by atoms with E-state index in [4.69, 9.17) is 4.42 Å². The van der Waals surface area contributed by atoms with Crippen molar-refractivity contribution < 1.29 is 35.5 Å². The largest absolute Gasteiger partial charge is 0.573 e. The standard InChI is InChI=1S/C18H14F3N3O5S/c19-18(20,21)29-15-3-1-2-4-16(15)30(26,27)14-7-5-12(6-8-14)24-17(25)23-10-13-9-22-11-28-13/h1-9,11H,10H2,(H2,23,24,25). The third kappa shape index (κ3) is 5.29. The summed E-state index contributed by atoms with van der Waals surface area (Å²) in [5.74, 6) is -0.398. The predicted octanol–water partition coefficient (Wildman–Crippen LogP) is 3.73. The van der Waals surface area contributed by atoms with Gasteiger partial charge in [0.1, 0.15) is 16.4 Å². The van der Waals surface area contributed by atoms with E-state index in [2.05, 4.69) is 20.4 Å². The highest BCUT2D eigenvalue weighted by atomic mass is 32.2. The normalized spacial score (nSPS) is 11.7. The summed E-state index contributed by atoms with van der Waals surface area (Å²) in [5, 5.41) is 4.99. The van der Waals surface area contributed by atoms with Crippen LogP contribution in [0.4, 0.5) is 23.7 Å². The Morgan fingerprint density at radius 3 is 2.43 bits per heavy atom. The number of halogens is 3. The van der Waals surface area contributed by atoms with Gasteiger partial charge in [0, 0.05) is 5.69 Å². The number of rotatable bonds is 6. The number of urea groups is 1. The summed E-state index contributed by atoms with van der Waals surface area (Å²) in [4.78, 5) is 14.7.